The third-order valence-corrected chi connectivity index (χ3v) is 5.63. The molecule has 1 fully saturated rings. The molecule has 1 N–H and O–H groups in total. The highest BCUT2D eigenvalue weighted by molar-refractivity contribution is 7.15. The fourth-order valence-electron chi connectivity index (χ4n) is 3.22. The average Bonchev–Trinajstić information content (AvgIpc) is 3.29. The van der Waals surface area contributed by atoms with Crippen molar-refractivity contribution in [3.63, 3.8) is 0 Å². The number of halogens is 1. The van der Waals surface area contributed by atoms with Gasteiger partial charge in [-0.25, -0.2) is 4.39 Å². The van der Waals surface area contributed by atoms with Crippen molar-refractivity contribution in [3.8, 4) is 0 Å². The molecule has 0 radical (unpaired) electrons. The summed E-state index contributed by atoms with van der Waals surface area (Å²) in [6, 6.07) is 13.2. The zero-order valence-electron chi connectivity index (χ0n) is 15.1. The Morgan fingerprint density at radius 3 is 2.82 bits per heavy atom. The molecule has 0 saturated carbocycles. The summed E-state index contributed by atoms with van der Waals surface area (Å²) in [5.74, 6) is -0.970. The van der Waals surface area contributed by atoms with E-state index in [1.807, 2.05) is 31.2 Å². The minimum absolute atomic E-state index is 0.0415. The predicted octanol–water partition coefficient (Wildman–Crippen LogP) is 3.76. The monoisotopic (exact) mass is 396 g/mol. The molecule has 142 valence electrons. The molecule has 1 unspecified atom stereocenters. The first-order valence-electron chi connectivity index (χ1n) is 8.77. The van der Waals surface area contributed by atoms with Crippen LogP contribution in [0.2, 0.25) is 0 Å². The van der Waals surface area contributed by atoms with Crippen molar-refractivity contribution in [3.05, 3.63) is 70.5 Å². The fraction of sp³-hybridized carbons (Fsp3) is 0.200. The van der Waals surface area contributed by atoms with Crippen LogP contribution in [0.15, 0.2) is 48.5 Å². The molecule has 8 heteroatoms. The van der Waals surface area contributed by atoms with Gasteiger partial charge in [-0.15, -0.1) is 10.2 Å². The van der Waals surface area contributed by atoms with E-state index in [1.54, 1.807) is 4.90 Å². The Hall–Kier alpha value is -3.13. The molecule has 0 aliphatic carbocycles. The summed E-state index contributed by atoms with van der Waals surface area (Å²) in [6.45, 7) is 2.50. The van der Waals surface area contributed by atoms with Crippen molar-refractivity contribution in [2.45, 2.75) is 19.3 Å². The summed E-state index contributed by atoms with van der Waals surface area (Å²) in [5.41, 5.74) is 2.15. The highest BCUT2D eigenvalue weighted by atomic mass is 32.1. The molecule has 1 saturated heterocycles. The highest BCUT2D eigenvalue weighted by Gasteiger charge is 2.34. The molecular weight excluding hydrogens is 379 g/mol. The Bertz CT molecular complexity index is 1050. The molecule has 6 nitrogen and oxygen atoms in total. The molecule has 1 atom stereocenters. The summed E-state index contributed by atoms with van der Waals surface area (Å²) in [7, 11) is 0. The number of carbonyl (C=O) groups excluding carboxylic acids is 2. The number of nitrogens with zero attached hydrogens (tertiary/aromatic N) is 3. The van der Waals surface area contributed by atoms with Crippen molar-refractivity contribution < 1.29 is 14.0 Å². The first-order chi connectivity index (χ1) is 13.5. The van der Waals surface area contributed by atoms with Gasteiger partial charge in [0, 0.05) is 30.1 Å². The second-order valence-electron chi connectivity index (χ2n) is 6.60. The zero-order valence-corrected chi connectivity index (χ0v) is 15.9. The van der Waals surface area contributed by atoms with Gasteiger partial charge < -0.3 is 4.90 Å². The Labute approximate surface area is 165 Å². The molecule has 0 bridgehead atoms. The first kappa shape index (κ1) is 18.2. The molecule has 4 rings (SSSR count). The number of para-hydroxylation sites is 1. The molecule has 2 amide bonds. The van der Waals surface area contributed by atoms with Gasteiger partial charge in [0.15, 0.2) is 0 Å². The van der Waals surface area contributed by atoms with Crippen LogP contribution in [0.3, 0.4) is 0 Å². The topological polar surface area (TPSA) is 75.2 Å². The summed E-state index contributed by atoms with van der Waals surface area (Å²) in [6.07, 6.45) is 0.348. The number of benzene rings is 2. The number of nitrogens with one attached hydrogen (secondary N) is 1. The molecule has 3 aromatic rings. The van der Waals surface area contributed by atoms with E-state index in [9.17, 15) is 14.0 Å². The Morgan fingerprint density at radius 2 is 2.04 bits per heavy atom. The van der Waals surface area contributed by atoms with Crippen LogP contribution >= 0.6 is 11.3 Å². The maximum Gasteiger partial charge on any atom is 0.257 e. The Balaban J connectivity index is 1.47. The lowest BCUT2D eigenvalue weighted by molar-refractivity contribution is -0.117. The summed E-state index contributed by atoms with van der Waals surface area (Å²) in [4.78, 5) is 26.5. The van der Waals surface area contributed by atoms with E-state index in [4.69, 9.17) is 0 Å². The molecule has 2 aromatic carbocycles. The van der Waals surface area contributed by atoms with E-state index >= 15 is 0 Å². The summed E-state index contributed by atoms with van der Waals surface area (Å²) >= 11 is 1.23. The summed E-state index contributed by atoms with van der Waals surface area (Å²) in [5, 5.41) is 11.8. The second-order valence-corrected chi connectivity index (χ2v) is 7.61. The van der Waals surface area contributed by atoms with E-state index in [0.717, 1.165) is 17.3 Å². The molecule has 1 aliphatic heterocycles. The third kappa shape index (κ3) is 3.63. The fourth-order valence-corrected chi connectivity index (χ4v) is 4.05. The lowest BCUT2D eigenvalue weighted by atomic mass is 10.1. The van der Waals surface area contributed by atoms with Crippen molar-refractivity contribution in [1.29, 1.82) is 0 Å². The number of aromatic nitrogens is 2. The summed E-state index contributed by atoms with van der Waals surface area (Å²) < 4.78 is 13.3. The van der Waals surface area contributed by atoms with Gasteiger partial charge >= 0.3 is 0 Å². The van der Waals surface area contributed by atoms with Crippen LogP contribution < -0.4 is 10.2 Å². The van der Waals surface area contributed by atoms with Crippen molar-refractivity contribution >= 4 is 34.0 Å². The molecular formula is C20H17FN4O2S. The molecule has 2 heterocycles. The van der Waals surface area contributed by atoms with E-state index in [0.29, 0.717) is 23.1 Å². The van der Waals surface area contributed by atoms with Gasteiger partial charge in [-0.3, -0.25) is 14.9 Å². The smallest absolute Gasteiger partial charge is 0.257 e. The minimum Gasteiger partial charge on any atom is -0.311 e. The van der Waals surface area contributed by atoms with Crippen LogP contribution in [-0.4, -0.2) is 28.6 Å². The third-order valence-electron chi connectivity index (χ3n) is 4.63. The van der Waals surface area contributed by atoms with Crippen molar-refractivity contribution in [1.82, 2.24) is 10.2 Å². The Kier molecular flexibility index (Phi) is 4.87. The van der Waals surface area contributed by atoms with Crippen molar-refractivity contribution in [2.24, 2.45) is 0 Å². The van der Waals surface area contributed by atoms with E-state index in [-0.39, 0.29) is 17.4 Å². The number of aryl methyl sites for hydroxylation is 1. The lowest BCUT2D eigenvalue weighted by Crippen LogP contribution is -2.25. The predicted molar refractivity (Wildman–Crippen MR) is 105 cm³/mol. The minimum atomic E-state index is -0.480. The highest BCUT2D eigenvalue weighted by Crippen LogP contribution is 2.35. The molecule has 0 spiro atoms. The molecule has 1 aliphatic rings. The van der Waals surface area contributed by atoms with Crippen LogP contribution in [0.1, 0.15) is 33.3 Å². The van der Waals surface area contributed by atoms with E-state index < -0.39 is 11.7 Å². The number of anilines is 2. The number of rotatable bonds is 4. The van der Waals surface area contributed by atoms with Crippen LogP contribution in [0.25, 0.3) is 0 Å². The molecule has 1 aromatic heterocycles. The average molecular weight is 396 g/mol. The van der Waals surface area contributed by atoms with Crippen molar-refractivity contribution in [2.75, 3.05) is 16.8 Å². The van der Waals surface area contributed by atoms with Gasteiger partial charge in [0.25, 0.3) is 5.91 Å². The van der Waals surface area contributed by atoms with E-state index in [2.05, 4.69) is 15.5 Å². The van der Waals surface area contributed by atoms with E-state index in [1.165, 1.54) is 29.5 Å². The standard InChI is InChI=1S/C20H17FN4O2S/c1-12-5-2-3-8-16(12)25-11-14(10-17(25)26)19-23-24-20(28-19)22-18(27)13-6-4-7-15(21)9-13/h2-9,14H,10-11H2,1H3,(H,22,24,27). The lowest BCUT2D eigenvalue weighted by Gasteiger charge is -2.18. The zero-order chi connectivity index (χ0) is 19.7. The Morgan fingerprint density at radius 1 is 1.21 bits per heavy atom. The van der Waals surface area contributed by atoms with Crippen LogP contribution in [0.5, 0.6) is 0 Å². The number of hydrogen-bond acceptors (Lipinski definition) is 5. The largest absolute Gasteiger partial charge is 0.311 e. The van der Waals surface area contributed by atoms with Crippen LogP contribution in [-0.2, 0) is 4.79 Å². The van der Waals surface area contributed by atoms with Crippen LogP contribution in [0.4, 0.5) is 15.2 Å². The SMILES string of the molecule is Cc1ccccc1N1CC(c2nnc(NC(=O)c3cccc(F)c3)s2)CC1=O. The first-order valence-corrected chi connectivity index (χ1v) is 9.59. The number of carbonyl (C=O) groups is 2. The van der Waals surface area contributed by atoms with Gasteiger partial charge in [-0.05, 0) is 36.8 Å². The second kappa shape index (κ2) is 7.47. The molecule has 28 heavy (non-hydrogen) atoms. The quantitative estimate of drug-likeness (QED) is 0.729. The van der Waals surface area contributed by atoms with Crippen LogP contribution in [0, 0.1) is 12.7 Å². The maximum absolute atomic E-state index is 13.3. The number of amides is 2. The van der Waals surface area contributed by atoms with Gasteiger partial charge in [0.2, 0.25) is 11.0 Å². The normalized spacial score (nSPS) is 16.4. The van der Waals surface area contributed by atoms with Gasteiger partial charge in [0.1, 0.15) is 10.8 Å². The van der Waals surface area contributed by atoms with Gasteiger partial charge in [-0.2, -0.15) is 0 Å². The number of hydrogen-bond donors (Lipinski definition) is 1. The van der Waals surface area contributed by atoms with Gasteiger partial charge in [-0.1, -0.05) is 35.6 Å². The van der Waals surface area contributed by atoms with Gasteiger partial charge in [0.05, 0.1) is 0 Å². The maximum atomic E-state index is 13.3.